The number of nitrogens with zero attached hydrogens (tertiary/aromatic N) is 1. The van der Waals surface area contributed by atoms with Crippen LogP contribution in [0.2, 0.25) is 0 Å². The predicted molar refractivity (Wildman–Crippen MR) is 70.3 cm³/mol. The second-order valence-electron chi connectivity index (χ2n) is 5.43. The van der Waals surface area contributed by atoms with E-state index in [1.54, 1.807) is 12.1 Å². The van der Waals surface area contributed by atoms with Crippen LogP contribution < -0.4 is 4.74 Å². The van der Waals surface area contributed by atoms with Gasteiger partial charge in [0.25, 0.3) is 0 Å². The fraction of sp³-hybridized carbons (Fsp3) is 0.467. The van der Waals surface area contributed by atoms with Gasteiger partial charge in [0.2, 0.25) is 0 Å². The Bertz CT molecular complexity index is 521. The third kappa shape index (κ3) is 2.68. The van der Waals surface area contributed by atoms with E-state index in [-0.39, 0.29) is 5.75 Å². The third-order valence-electron chi connectivity index (χ3n) is 4.20. The maximum atomic E-state index is 12.1. The van der Waals surface area contributed by atoms with Gasteiger partial charge in [-0.3, -0.25) is 4.90 Å². The van der Waals surface area contributed by atoms with Crippen LogP contribution in [0.1, 0.15) is 24.8 Å². The van der Waals surface area contributed by atoms with E-state index in [0.29, 0.717) is 12.1 Å². The summed E-state index contributed by atoms with van der Waals surface area (Å²) in [5, 5.41) is 0. The fourth-order valence-corrected chi connectivity index (χ4v) is 3.13. The highest BCUT2D eigenvalue weighted by atomic mass is 19.4. The highest BCUT2D eigenvalue weighted by Crippen LogP contribution is 2.37. The molecule has 0 spiro atoms. The number of halogens is 3. The molecule has 1 aromatic carbocycles. The summed E-state index contributed by atoms with van der Waals surface area (Å²) in [6.45, 7) is 0. The zero-order chi connectivity index (χ0) is 14.3. The standard InChI is InChI=1S/C15H16F3NO/c1-19-12-4-5-13(19)9-11(8-12)10-2-6-14(7-3-10)20-15(16,17)18/h2-3,6-8,12-13H,4-5,9H2,1H3. The number of hydrogen-bond acceptors (Lipinski definition) is 2. The van der Waals surface area contributed by atoms with Crippen LogP contribution >= 0.6 is 0 Å². The molecular formula is C15H16F3NO. The highest BCUT2D eigenvalue weighted by Gasteiger charge is 2.34. The van der Waals surface area contributed by atoms with Crippen molar-refractivity contribution in [1.82, 2.24) is 4.90 Å². The molecule has 0 amide bonds. The number of alkyl halides is 3. The van der Waals surface area contributed by atoms with Crippen molar-refractivity contribution >= 4 is 5.57 Å². The first-order valence-electron chi connectivity index (χ1n) is 6.71. The zero-order valence-electron chi connectivity index (χ0n) is 11.2. The molecule has 3 rings (SSSR count). The Labute approximate surface area is 115 Å². The fourth-order valence-electron chi connectivity index (χ4n) is 3.13. The monoisotopic (exact) mass is 283 g/mol. The molecule has 2 atom stereocenters. The van der Waals surface area contributed by atoms with Crippen molar-refractivity contribution < 1.29 is 17.9 Å². The molecule has 2 aliphatic rings. The summed E-state index contributed by atoms with van der Waals surface area (Å²) in [6.07, 6.45) is 0.930. The Morgan fingerprint density at radius 1 is 1.15 bits per heavy atom. The van der Waals surface area contributed by atoms with Gasteiger partial charge in [-0.05, 0) is 49.6 Å². The predicted octanol–water partition coefficient (Wildman–Crippen LogP) is 3.84. The van der Waals surface area contributed by atoms with E-state index in [1.807, 2.05) is 0 Å². The molecule has 2 nitrogen and oxygen atoms in total. The van der Waals surface area contributed by atoms with Gasteiger partial charge in [-0.2, -0.15) is 0 Å². The van der Waals surface area contributed by atoms with Gasteiger partial charge in [0, 0.05) is 12.1 Å². The Kier molecular flexibility index (Phi) is 3.24. The Hall–Kier alpha value is -1.49. The molecule has 0 aliphatic carbocycles. The largest absolute Gasteiger partial charge is 0.573 e. The summed E-state index contributed by atoms with van der Waals surface area (Å²) in [5.41, 5.74) is 2.22. The van der Waals surface area contributed by atoms with Crippen molar-refractivity contribution in [3.63, 3.8) is 0 Å². The average molecular weight is 283 g/mol. The van der Waals surface area contributed by atoms with E-state index in [4.69, 9.17) is 0 Å². The lowest BCUT2D eigenvalue weighted by atomic mass is 9.95. The van der Waals surface area contributed by atoms with Crippen LogP contribution in [0.25, 0.3) is 5.57 Å². The molecule has 2 heterocycles. The summed E-state index contributed by atoms with van der Waals surface area (Å²) in [5.74, 6) is -0.169. The summed E-state index contributed by atoms with van der Waals surface area (Å²) in [4.78, 5) is 2.38. The lowest BCUT2D eigenvalue weighted by molar-refractivity contribution is -0.274. The van der Waals surface area contributed by atoms with E-state index < -0.39 is 6.36 Å². The van der Waals surface area contributed by atoms with Gasteiger partial charge in [-0.1, -0.05) is 18.2 Å². The number of likely N-dealkylation sites (N-methyl/N-ethyl adjacent to an activating group) is 1. The first-order valence-corrected chi connectivity index (χ1v) is 6.71. The highest BCUT2D eigenvalue weighted by molar-refractivity contribution is 5.68. The van der Waals surface area contributed by atoms with Crippen LogP contribution in [0, 0.1) is 0 Å². The molecule has 5 heteroatoms. The van der Waals surface area contributed by atoms with Gasteiger partial charge >= 0.3 is 6.36 Å². The smallest absolute Gasteiger partial charge is 0.406 e. The maximum Gasteiger partial charge on any atom is 0.573 e. The van der Waals surface area contributed by atoms with Gasteiger partial charge in [0.15, 0.2) is 0 Å². The maximum absolute atomic E-state index is 12.1. The molecule has 2 aliphatic heterocycles. The van der Waals surface area contributed by atoms with Crippen molar-refractivity contribution in [3.8, 4) is 5.75 Å². The number of rotatable bonds is 2. The van der Waals surface area contributed by atoms with Gasteiger partial charge in [0.1, 0.15) is 5.75 Å². The summed E-state index contributed by atoms with van der Waals surface area (Å²) in [6, 6.07) is 7.20. The summed E-state index contributed by atoms with van der Waals surface area (Å²) >= 11 is 0. The quantitative estimate of drug-likeness (QED) is 0.817. The normalized spacial score (nSPS) is 26.5. The number of benzene rings is 1. The minimum absolute atomic E-state index is 0.169. The molecule has 20 heavy (non-hydrogen) atoms. The van der Waals surface area contributed by atoms with E-state index in [0.717, 1.165) is 12.0 Å². The molecule has 1 saturated heterocycles. The molecule has 2 bridgehead atoms. The van der Waals surface area contributed by atoms with Crippen LogP contribution in [0.3, 0.4) is 0 Å². The van der Waals surface area contributed by atoms with E-state index in [9.17, 15) is 13.2 Å². The Morgan fingerprint density at radius 3 is 2.45 bits per heavy atom. The van der Waals surface area contributed by atoms with Crippen LogP contribution in [0.4, 0.5) is 13.2 Å². The second-order valence-corrected chi connectivity index (χ2v) is 5.43. The molecule has 2 unspecified atom stereocenters. The van der Waals surface area contributed by atoms with Gasteiger partial charge < -0.3 is 4.74 Å². The van der Waals surface area contributed by atoms with Crippen molar-refractivity contribution in [2.45, 2.75) is 37.7 Å². The van der Waals surface area contributed by atoms with Crippen molar-refractivity contribution in [3.05, 3.63) is 35.9 Å². The Balaban J connectivity index is 1.77. The molecule has 0 N–H and O–H groups in total. The first-order chi connectivity index (χ1) is 9.42. The lowest BCUT2D eigenvalue weighted by Crippen LogP contribution is -2.34. The summed E-state index contributed by atoms with van der Waals surface area (Å²) in [7, 11) is 2.13. The van der Waals surface area contributed by atoms with E-state index >= 15 is 0 Å². The molecule has 1 fully saturated rings. The minimum Gasteiger partial charge on any atom is -0.406 e. The van der Waals surface area contributed by atoms with E-state index in [1.165, 1.54) is 30.5 Å². The zero-order valence-corrected chi connectivity index (χ0v) is 11.2. The molecule has 0 saturated carbocycles. The molecule has 0 aromatic heterocycles. The van der Waals surface area contributed by atoms with Crippen LogP contribution in [0.5, 0.6) is 5.75 Å². The minimum atomic E-state index is -4.63. The lowest BCUT2D eigenvalue weighted by Gasteiger charge is -2.30. The van der Waals surface area contributed by atoms with E-state index in [2.05, 4.69) is 22.8 Å². The van der Waals surface area contributed by atoms with Gasteiger partial charge in [-0.25, -0.2) is 0 Å². The first kappa shape index (κ1) is 13.5. The molecule has 0 radical (unpaired) electrons. The number of ether oxygens (including phenoxy) is 1. The Morgan fingerprint density at radius 2 is 1.85 bits per heavy atom. The SMILES string of the molecule is CN1C2C=C(c3ccc(OC(F)(F)F)cc3)CC1CC2. The van der Waals surface area contributed by atoms with Crippen molar-refractivity contribution in [2.75, 3.05) is 7.05 Å². The van der Waals surface area contributed by atoms with Crippen molar-refractivity contribution in [1.29, 1.82) is 0 Å². The number of fused-ring (bicyclic) bond motifs is 2. The van der Waals surface area contributed by atoms with Gasteiger partial charge in [-0.15, -0.1) is 13.2 Å². The molecule has 108 valence electrons. The van der Waals surface area contributed by atoms with Crippen LogP contribution in [0.15, 0.2) is 30.3 Å². The average Bonchev–Trinajstić information content (AvgIpc) is 2.61. The van der Waals surface area contributed by atoms with Crippen LogP contribution in [-0.4, -0.2) is 30.4 Å². The molecule has 1 aromatic rings. The topological polar surface area (TPSA) is 12.5 Å². The third-order valence-corrected chi connectivity index (χ3v) is 4.20. The molecular weight excluding hydrogens is 267 g/mol. The van der Waals surface area contributed by atoms with Crippen LogP contribution in [-0.2, 0) is 0 Å². The number of hydrogen-bond donors (Lipinski definition) is 0. The van der Waals surface area contributed by atoms with Crippen molar-refractivity contribution in [2.24, 2.45) is 0 Å². The van der Waals surface area contributed by atoms with Gasteiger partial charge in [0.05, 0.1) is 0 Å². The summed E-state index contributed by atoms with van der Waals surface area (Å²) < 4.78 is 40.2. The second kappa shape index (κ2) is 4.81.